The highest BCUT2D eigenvalue weighted by Gasteiger charge is 2.07. The molecule has 2 rings (SSSR count). The van der Waals surface area contributed by atoms with Crippen molar-refractivity contribution < 1.29 is 0 Å². The molecular formula is C11H14S. The van der Waals surface area contributed by atoms with Crippen molar-refractivity contribution in [2.45, 2.75) is 31.1 Å². The van der Waals surface area contributed by atoms with Gasteiger partial charge in [0, 0.05) is 4.90 Å². The van der Waals surface area contributed by atoms with Crippen LogP contribution in [0.2, 0.25) is 0 Å². The van der Waals surface area contributed by atoms with E-state index in [1.807, 2.05) is 11.8 Å². The molecular weight excluding hydrogens is 164 g/mol. The fourth-order valence-corrected chi connectivity index (χ4v) is 2.72. The summed E-state index contributed by atoms with van der Waals surface area (Å²) in [6.45, 7) is 2.18. The van der Waals surface area contributed by atoms with E-state index in [2.05, 4.69) is 25.1 Å². The first-order valence-corrected chi connectivity index (χ1v) is 5.57. The molecule has 0 spiro atoms. The Kier molecular flexibility index (Phi) is 2.40. The van der Waals surface area contributed by atoms with E-state index in [-0.39, 0.29) is 0 Å². The van der Waals surface area contributed by atoms with Crippen LogP contribution in [0.15, 0.2) is 23.1 Å². The van der Waals surface area contributed by atoms with Crippen LogP contribution in [0.5, 0.6) is 0 Å². The molecule has 1 aliphatic rings. The Balaban J connectivity index is 2.36. The lowest BCUT2D eigenvalue weighted by Crippen LogP contribution is -1.86. The second-order valence-electron chi connectivity index (χ2n) is 3.42. The third kappa shape index (κ3) is 1.66. The normalized spacial score (nSPS) is 16.8. The van der Waals surface area contributed by atoms with E-state index in [0.717, 1.165) is 0 Å². The highest BCUT2D eigenvalue weighted by molar-refractivity contribution is 7.99. The van der Waals surface area contributed by atoms with Gasteiger partial charge in [0.2, 0.25) is 0 Å². The summed E-state index contributed by atoms with van der Waals surface area (Å²) in [6.07, 6.45) is 4.02. The minimum atomic E-state index is 1.28. The van der Waals surface area contributed by atoms with Gasteiger partial charge in [0.25, 0.3) is 0 Å². The molecule has 0 bridgehead atoms. The number of rotatable bonds is 0. The molecule has 0 radical (unpaired) electrons. The smallest absolute Gasteiger partial charge is 0.0104 e. The van der Waals surface area contributed by atoms with Crippen molar-refractivity contribution in [1.29, 1.82) is 0 Å². The summed E-state index contributed by atoms with van der Waals surface area (Å²) in [5.74, 6) is 1.30. The second kappa shape index (κ2) is 3.53. The van der Waals surface area contributed by atoms with Crippen molar-refractivity contribution in [1.82, 2.24) is 0 Å². The Morgan fingerprint density at radius 1 is 1.25 bits per heavy atom. The average Bonchev–Trinajstić information content (AvgIpc) is 2.28. The molecule has 0 saturated heterocycles. The fourth-order valence-electron chi connectivity index (χ4n) is 1.64. The number of fused-ring (bicyclic) bond motifs is 1. The van der Waals surface area contributed by atoms with E-state index in [1.54, 1.807) is 5.56 Å². The fraction of sp³-hybridized carbons (Fsp3) is 0.455. The van der Waals surface area contributed by atoms with Crippen LogP contribution in [0.1, 0.15) is 24.0 Å². The quantitative estimate of drug-likeness (QED) is 0.586. The lowest BCUT2D eigenvalue weighted by molar-refractivity contribution is 0.803. The summed E-state index contributed by atoms with van der Waals surface area (Å²) in [7, 11) is 0. The predicted molar refractivity (Wildman–Crippen MR) is 54.8 cm³/mol. The van der Waals surface area contributed by atoms with Crippen molar-refractivity contribution in [2.24, 2.45) is 0 Å². The van der Waals surface area contributed by atoms with Gasteiger partial charge in [-0.3, -0.25) is 0 Å². The maximum Gasteiger partial charge on any atom is 0.0104 e. The van der Waals surface area contributed by atoms with Gasteiger partial charge in [-0.25, -0.2) is 0 Å². The van der Waals surface area contributed by atoms with Gasteiger partial charge in [0.15, 0.2) is 0 Å². The Labute approximate surface area is 78.4 Å². The topological polar surface area (TPSA) is 0 Å². The van der Waals surface area contributed by atoms with Gasteiger partial charge in [-0.1, -0.05) is 17.7 Å². The molecule has 1 heteroatoms. The first-order valence-electron chi connectivity index (χ1n) is 4.58. The van der Waals surface area contributed by atoms with E-state index < -0.39 is 0 Å². The van der Waals surface area contributed by atoms with Gasteiger partial charge in [0.05, 0.1) is 0 Å². The highest BCUT2D eigenvalue weighted by atomic mass is 32.2. The zero-order chi connectivity index (χ0) is 8.39. The third-order valence-corrected chi connectivity index (χ3v) is 3.52. The van der Waals surface area contributed by atoms with Crippen LogP contribution in [0, 0.1) is 6.92 Å². The SMILES string of the molecule is Cc1ccc2c(c1)CCCCS2. The Bertz CT molecular complexity index is 278. The molecule has 0 N–H and O–H groups in total. The third-order valence-electron chi connectivity index (χ3n) is 2.31. The lowest BCUT2D eigenvalue weighted by atomic mass is 10.1. The molecule has 1 aliphatic heterocycles. The molecule has 1 aromatic rings. The van der Waals surface area contributed by atoms with E-state index in [9.17, 15) is 0 Å². The predicted octanol–water partition coefficient (Wildman–Crippen LogP) is 3.42. The molecule has 1 aromatic carbocycles. The molecule has 12 heavy (non-hydrogen) atoms. The summed E-state index contributed by atoms with van der Waals surface area (Å²) in [4.78, 5) is 1.51. The van der Waals surface area contributed by atoms with Crippen LogP contribution >= 0.6 is 11.8 Å². The van der Waals surface area contributed by atoms with Gasteiger partial charge < -0.3 is 0 Å². The van der Waals surface area contributed by atoms with Gasteiger partial charge in [-0.15, -0.1) is 11.8 Å². The minimum absolute atomic E-state index is 1.28. The van der Waals surface area contributed by atoms with Crippen molar-refractivity contribution >= 4 is 11.8 Å². The Morgan fingerprint density at radius 3 is 3.08 bits per heavy atom. The average molecular weight is 178 g/mol. The van der Waals surface area contributed by atoms with E-state index >= 15 is 0 Å². The molecule has 0 nitrogen and oxygen atoms in total. The van der Waals surface area contributed by atoms with Crippen LogP contribution in [0.25, 0.3) is 0 Å². The number of thioether (sulfide) groups is 1. The monoisotopic (exact) mass is 178 g/mol. The summed E-state index contributed by atoms with van der Waals surface area (Å²) in [5.41, 5.74) is 2.97. The second-order valence-corrected chi connectivity index (χ2v) is 4.55. The summed E-state index contributed by atoms with van der Waals surface area (Å²) in [5, 5.41) is 0. The maximum absolute atomic E-state index is 2.34. The molecule has 0 aromatic heterocycles. The van der Waals surface area contributed by atoms with E-state index in [4.69, 9.17) is 0 Å². The summed E-state index contributed by atoms with van der Waals surface area (Å²) in [6, 6.07) is 6.84. The van der Waals surface area contributed by atoms with Gasteiger partial charge in [-0.2, -0.15) is 0 Å². The zero-order valence-corrected chi connectivity index (χ0v) is 8.29. The molecule has 0 unspecified atom stereocenters. The van der Waals surface area contributed by atoms with Gasteiger partial charge >= 0.3 is 0 Å². The number of aryl methyl sites for hydroxylation is 2. The van der Waals surface area contributed by atoms with Crippen LogP contribution < -0.4 is 0 Å². The van der Waals surface area contributed by atoms with Gasteiger partial charge in [-0.05, 0) is 43.6 Å². The molecule has 0 fully saturated rings. The van der Waals surface area contributed by atoms with Crippen LogP contribution in [0.3, 0.4) is 0 Å². The number of benzene rings is 1. The molecule has 0 amide bonds. The minimum Gasteiger partial charge on any atom is -0.126 e. The largest absolute Gasteiger partial charge is 0.126 e. The van der Waals surface area contributed by atoms with Crippen molar-refractivity contribution in [3.8, 4) is 0 Å². The molecule has 0 saturated carbocycles. The van der Waals surface area contributed by atoms with Crippen molar-refractivity contribution in [3.63, 3.8) is 0 Å². The van der Waals surface area contributed by atoms with Crippen LogP contribution in [0.4, 0.5) is 0 Å². The number of hydrogen-bond donors (Lipinski definition) is 0. The first kappa shape index (κ1) is 8.18. The summed E-state index contributed by atoms with van der Waals surface area (Å²) < 4.78 is 0. The standard InChI is InChI=1S/C11H14S/c1-9-5-6-11-10(8-9)4-2-3-7-12-11/h5-6,8H,2-4,7H2,1H3. The van der Waals surface area contributed by atoms with Crippen molar-refractivity contribution in [3.05, 3.63) is 29.3 Å². The maximum atomic E-state index is 2.34. The van der Waals surface area contributed by atoms with Crippen molar-refractivity contribution in [2.75, 3.05) is 5.75 Å². The van der Waals surface area contributed by atoms with Crippen LogP contribution in [-0.4, -0.2) is 5.75 Å². The summed E-state index contributed by atoms with van der Waals surface area (Å²) >= 11 is 2.02. The van der Waals surface area contributed by atoms with E-state index in [0.29, 0.717) is 0 Å². The van der Waals surface area contributed by atoms with Crippen LogP contribution in [-0.2, 0) is 6.42 Å². The molecule has 0 aliphatic carbocycles. The lowest BCUT2D eigenvalue weighted by Gasteiger charge is -2.04. The highest BCUT2D eigenvalue weighted by Crippen LogP contribution is 2.29. The Hall–Kier alpha value is -0.430. The first-order chi connectivity index (χ1) is 5.86. The number of hydrogen-bond acceptors (Lipinski definition) is 1. The molecule has 0 atom stereocenters. The Morgan fingerprint density at radius 2 is 2.17 bits per heavy atom. The molecule has 1 heterocycles. The van der Waals surface area contributed by atoms with Gasteiger partial charge in [0.1, 0.15) is 0 Å². The van der Waals surface area contributed by atoms with E-state index in [1.165, 1.54) is 35.5 Å². The molecule has 64 valence electrons. The zero-order valence-electron chi connectivity index (χ0n) is 7.47.